The average Bonchev–Trinajstić information content (AvgIpc) is 3.18. The van der Waals surface area contributed by atoms with Crippen molar-refractivity contribution >= 4 is 5.97 Å². The molecule has 1 fully saturated rings. The summed E-state index contributed by atoms with van der Waals surface area (Å²) in [6, 6.07) is 0. The average molecular weight is 775 g/mol. The molecule has 9 heteroatoms. The van der Waals surface area contributed by atoms with E-state index in [0.29, 0.717) is 13.0 Å². The van der Waals surface area contributed by atoms with Crippen LogP contribution in [0.15, 0.2) is 72.9 Å². The lowest BCUT2D eigenvalue weighted by atomic mass is 9.99. The van der Waals surface area contributed by atoms with E-state index in [9.17, 15) is 25.2 Å². The van der Waals surface area contributed by atoms with Gasteiger partial charge in [0.05, 0.1) is 19.8 Å². The Kier molecular flexibility index (Phi) is 34.3. The number of unbranched alkanes of at least 4 members (excludes halogenated alkanes) is 12. The van der Waals surface area contributed by atoms with Crippen LogP contribution in [0.1, 0.15) is 149 Å². The van der Waals surface area contributed by atoms with Crippen LogP contribution in [0.4, 0.5) is 0 Å². The predicted octanol–water partition coefficient (Wildman–Crippen LogP) is 9.30. The van der Waals surface area contributed by atoms with E-state index >= 15 is 0 Å². The zero-order valence-corrected chi connectivity index (χ0v) is 34.4. The molecule has 1 rings (SSSR count). The Bertz CT molecular complexity index is 1060. The maximum absolute atomic E-state index is 12.7. The molecular weight excluding hydrogens is 696 g/mol. The first-order chi connectivity index (χ1) is 26.9. The molecule has 0 amide bonds. The number of hydrogen-bond donors (Lipinski definition) is 4. The fourth-order valence-electron chi connectivity index (χ4n) is 5.99. The molecule has 0 spiro atoms. The largest absolute Gasteiger partial charge is 0.457 e. The van der Waals surface area contributed by atoms with E-state index in [1.807, 2.05) is 0 Å². The van der Waals surface area contributed by atoms with E-state index in [4.69, 9.17) is 18.9 Å². The Hall–Kier alpha value is -2.37. The van der Waals surface area contributed by atoms with Crippen molar-refractivity contribution in [1.82, 2.24) is 0 Å². The van der Waals surface area contributed by atoms with E-state index in [2.05, 4.69) is 86.8 Å². The van der Waals surface area contributed by atoms with Gasteiger partial charge in [0.2, 0.25) is 0 Å². The number of aliphatic hydroxyl groups excluding tert-OH is 4. The number of rotatable bonds is 35. The highest BCUT2D eigenvalue weighted by molar-refractivity contribution is 5.69. The SMILES string of the molecule is CC/C=C\C/C=C\C/C=C\C/C=C\C/C=C\CCCC(=O)OC(COCCCCCCCC/C=C\CCCCCCC)COC1OC(CO)C(O)C(O)C1O. The van der Waals surface area contributed by atoms with Crippen molar-refractivity contribution in [3.63, 3.8) is 0 Å². The second-order valence-corrected chi connectivity index (χ2v) is 14.4. The molecule has 0 aromatic carbocycles. The first-order valence-electron chi connectivity index (χ1n) is 21.5. The summed E-state index contributed by atoms with van der Waals surface area (Å²) in [5.41, 5.74) is 0. The highest BCUT2D eigenvalue weighted by Crippen LogP contribution is 2.22. The maximum atomic E-state index is 12.7. The number of esters is 1. The molecule has 6 atom stereocenters. The minimum absolute atomic E-state index is 0.114. The zero-order chi connectivity index (χ0) is 40.0. The molecule has 6 unspecified atom stereocenters. The van der Waals surface area contributed by atoms with Gasteiger partial charge in [0, 0.05) is 13.0 Å². The van der Waals surface area contributed by atoms with Gasteiger partial charge in [0.25, 0.3) is 0 Å². The van der Waals surface area contributed by atoms with Crippen molar-refractivity contribution in [1.29, 1.82) is 0 Å². The normalized spacial score (nSPS) is 21.5. The predicted molar refractivity (Wildman–Crippen MR) is 224 cm³/mol. The lowest BCUT2D eigenvalue weighted by Gasteiger charge is -2.39. The Labute approximate surface area is 334 Å². The summed E-state index contributed by atoms with van der Waals surface area (Å²) >= 11 is 0. The van der Waals surface area contributed by atoms with Gasteiger partial charge in [-0.15, -0.1) is 0 Å². The molecule has 0 saturated carbocycles. The van der Waals surface area contributed by atoms with Crippen LogP contribution in [0.3, 0.4) is 0 Å². The van der Waals surface area contributed by atoms with Crippen LogP contribution in [0.2, 0.25) is 0 Å². The Balaban J connectivity index is 2.35. The van der Waals surface area contributed by atoms with Gasteiger partial charge in [-0.05, 0) is 77.0 Å². The van der Waals surface area contributed by atoms with Gasteiger partial charge < -0.3 is 39.4 Å². The minimum Gasteiger partial charge on any atom is -0.457 e. The van der Waals surface area contributed by atoms with Gasteiger partial charge in [-0.2, -0.15) is 0 Å². The van der Waals surface area contributed by atoms with Gasteiger partial charge in [-0.3, -0.25) is 4.79 Å². The molecule has 55 heavy (non-hydrogen) atoms. The third-order valence-corrected chi connectivity index (χ3v) is 9.36. The Morgan fingerprint density at radius 2 is 1.11 bits per heavy atom. The molecule has 1 aliphatic heterocycles. The zero-order valence-electron chi connectivity index (χ0n) is 34.4. The molecule has 0 aliphatic carbocycles. The van der Waals surface area contributed by atoms with Gasteiger partial charge in [0.1, 0.15) is 30.5 Å². The molecule has 316 valence electrons. The molecule has 4 N–H and O–H groups in total. The quantitative estimate of drug-likeness (QED) is 0.0282. The van der Waals surface area contributed by atoms with Crippen molar-refractivity contribution in [2.24, 2.45) is 0 Å². The Morgan fingerprint density at radius 1 is 0.600 bits per heavy atom. The molecule has 0 bridgehead atoms. The molecule has 0 aromatic heterocycles. The van der Waals surface area contributed by atoms with Gasteiger partial charge in [0.15, 0.2) is 6.29 Å². The first-order valence-corrected chi connectivity index (χ1v) is 21.5. The molecular formula is C46H78O9. The summed E-state index contributed by atoms with van der Waals surface area (Å²) in [5, 5.41) is 40.1. The summed E-state index contributed by atoms with van der Waals surface area (Å²) in [5.74, 6) is -0.375. The fourth-order valence-corrected chi connectivity index (χ4v) is 5.99. The van der Waals surface area contributed by atoms with Crippen molar-refractivity contribution in [2.75, 3.05) is 26.4 Å². The van der Waals surface area contributed by atoms with E-state index in [-0.39, 0.29) is 25.6 Å². The van der Waals surface area contributed by atoms with Crippen LogP contribution >= 0.6 is 0 Å². The maximum Gasteiger partial charge on any atom is 0.306 e. The van der Waals surface area contributed by atoms with Crippen molar-refractivity contribution in [3.05, 3.63) is 72.9 Å². The van der Waals surface area contributed by atoms with Crippen LogP contribution in [0, 0.1) is 0 Å². The second kappa shape index (κ2) is 37.2. The van der Waals surface area contributed by atoms with Gasteiger partial charge >= 0.3 is 5.97 Å². The third kappa shape index (κ3) is 28.6. The molecule has 9 nitrogen and oxygen atoms in total. The molecule has 1 heterocycles. The van der Waals surface area contributed by atoms with E-state index in [0.717, 1.165) is 64.2 Å². The van der Waals surface area contributed by atoms with Gasteiger partial charge in [-0.1, -0.05) is 138 Å². The van der Waals surface area contributed by atoms with Crippen LogP contribution < -0.4 is 0 Å². The standard InChI is InChI=1S/C46H78O9/c1-3-5-7-9-11-13-15-17-19-20-21-23-25-27-29-31-33-35-42(48)54-40(39-53-46-45(51)44(50)43(49)41(37-47)55-46)38-52-36-34-32-30-28-26-24-22-18-16-14-12-10-8-6-4-2/h5,7,11,13,16-19,21,23,27,29,40-41,43-47,49-51H,3-4,6,8-10,12,14-15,20,22,24-26,28,30-39H2,1-2H3/b7-5-,13-11-,18-16-,19-17-,23-21-,29-27-. The van der Waals surface area contributed by atoms with E-state index in [1.165, 1.54) is 57.8 Å². The monoisotopic (exact) mass is 775 g/mol. The van der Waals surface area contributed by atoms with Crippen LogP contribution in [0.25, 0.3) is 0 Å². The molecule has 1 saturated heterocycles. The van der Waals surface area contributed by atoms with Crippen LogP contribution in [-0.4, -0.2) is 89.6 Å². The number of aliphatic hydroxyl groups is 4. The number of carbonyl (C=O) groups excluding carboxylic acids is 1. The van der Waals surface area contributed by atoms with E-state index in [1.54, 1.807) is 0 Å². The smallest absolute Gasteiger partial charge is 0.306 e. The number of allylic oxidation sites excluding steroid dienone is 12. The summed E-state index contributed by atoms with van der Waals surface area (Å²) in [6.07, 6.45) is 40.7. The highest BCUT2D eigenvalue weighted by Gasteiger charge is 2.44. The highest BCUT2D eigenvalue weighted by atomic mass is 16.7. The lowest BCUT2D eigenvalue weighted by molar-refractivity contribution is -0.305. The van der Waals surface area contributed by atoms with Crippen molar-refractivity contribution in [2.45, 2.75) is 185 Å². The summed E-state index contributed by atoms with van der Waals surface area (Å²) < 4.78 is 22.7. The van der Waals surface area contributed by atoms with Crippen molar-refractivity contribution in [3.8, 4) is 0 Å². The summed E-state index contributed by atoms with van der Waals surface area (Å²) in [4.78, 5) is 12.7. The summed E-state index contributed by atoms with van der Waals surface area (Å²) in [6.45, 7) is 4.33. The number of hydrogen-bond acceptors (Lipinski definition) is 9. The third-order valence-electron chi connectivity index (χ3n) is 9.36. The number of carbonyl (C=O) groups is 1. The lowest BCUT2D eigenvalue weighted by Crippen LogP contribution is -2.59. The van der Waals surface area contributed by atoms with Gasteiger partial charge in [-0.25, -0.2) is 0 Å². The van der Waals surface area contributed by atoms with Crippen LogP contribution in [0.5, 0.6) is 0 Å². The van der Waals surface area contributed by atoms with E-state index < -0.39 is 43.4 Å². The first kappa shape index (κ1) is 50.6. The molecule has 1 aliphatic rings. The number of ether oxygens (including phenoxy) is 4. The second-order valence-electron chi connectivity index (χ2n) is 14.4. The van der Waals surface area contributed by atoms with Crippen LogP contribution in [-0.2, 0) is 23.7 Å². The minimum atomic E-state index is -1.55. The van der Waals surface area contributed by atoms with Crippen molar-refractivity contribution < 1.29 is 44.2 Å². The summed E-state index contributed by atoms with van der Waals surface area (Å²) in [7, 11) is 0. The topological polar surface area (TPSA) is 135 Å². The molecule has 0 radical (unpaired) electrons. The fraction of sp³-hybridized carbons (Fsp3) is 0.717. The Morgan fingerprint density at radius 3 is 1.69 bits per heavy atom. The molecule has 0 aromatic rings.